The number of fused-ring (bicyclic) bond motifs is 1. The third kappa shape index (κ3) is 3.00. The number of rotatable bonds is 4. The fraction of sp³-hybridized carbons (Fsp3) is 0.308. The number of aromatic amines is 1. The summed E-state index contributed by atoms with van der Waals surface area (Å²) < 4.78 is 5.17. The fourth-order valence-corrected chi connectivity index (χ4v) is 1.61. The van der Waals surface area contributed by atoms with Gasteiger partial charge in [-0.05, 0) is 30.7 Å². The third-order valence-corrected chi connectivity index (χ3v) is 2.53. The molecular formula is C13H16N2O2. The van der Waals surface area contributed by atoms with Crippen molar-refractivity contribution in [2.24, 2.45) is 0 Å². The number of amides is 1. The third-order valence-electron chi connectivity index (χ3n) is 2.53. The van der Waals surface area contributed by atoms with E-state index in [1.807, 2.05) is 24.4 Å². The van der Waals surface area contributed by atoms with Crippen LogP contribution in [0.15, 0.2) is 30.5 Å². The maximum Gasteiger partial charge on any atom is 0.412 e. The largest absolute Gasteiger partial charge is 0.412 e. The van der Waals surface area contributed by atoms with Gasteiger partial charge in [0.2, 0.25) is 0 Å². The highest BCUT2D eigenvalue weighted by Crippen LogP contribution is 2.19. The first kappa shape index (κ1) is 11.5. The van der Waals surface area contributed by atoms with Crippen LogP contribution in [0.25, 0.3) is 10.9 Å². The molecular weight excluding hydrogens is 216 g/mol. The number of ether oxygens (including phenoxy) is 1. The average Bonchev–Trinajstić information content (AvgIpc) is 2.76. The Bertz CT molecular complexity index is 505. The van der Waals surface area contributed by atoms with Gasteiger partial charge in [-0.3, -0.25) is 0 Å². The molecule has 0 saturated heterocycles. The van der Waals surface area contributed by atoms with Crippen LogP contribution in [0.1, 0.15) is 19.8 Å². The molecule has 0 aliphatic rings. The fourth-order valence-electron chi connectivity index (χ4n) is 1.61. The van der Waals surface area contributed by atoms with Crippen LogP contribution in [0.5, 0.6) is 5.75 Å². The zero-order chi connectivity index (χ0) is 12.1. The molecule has 0 aliphatic heterocycles. The quantitative estimate of drug-likeness (QED) is 0.796. The molecule has 0 radical (unpaired) electrons. The first-order chi connectivity index (χ1) is 8.29. The predicted molar refractivity (Wildman–Crippen MR) is 67.2 cm³/mol. The summed E-state index contributed by atoms with van der Waals surface area (Å²) in [6.45, 7) is 2.73. The first-order valence-corrected chi connectivity index (χ1v) is 5.82. The van der Waals surface area contributed by atoms with Gasteiger partial charge in [0, 0.05) is 23.6 Å². The second-order valence-electron chi connectivity index (χ2n) is 3.90. The van der Waals surface area contributed by atoms with E-state index < -0.39 is 6.09 Å². The van der Waals surface area contributed by atoms with Crippen molar-refractivity contribution >= 4 is 17.0 Å². The maximum absolute atomic E-state index is 11.4. The Morgan fingerprint density at radius 3 is 3.12 bits per heavy atom. The Labute approximate surface area is 100.0 Å². The van der Waals surface area contributed by atoms with Crippen molar-refractivity contribution in [2.75, 3.05) is 6.54 Å². The highest BCUT2D eigenvalue weighted by molar-refractivity contribution is 5.82. The van der Waals surface area contributed by atoms with Crippen LogP contribution in [0, 0.1) is 0 Å². The van der Waals surface area contributed by atoms with Crippen molar-refractivity contribution < 1.29 is 9.53 Å². The lowest BCUT2D eigenvalue weighted by molar-refractivity contribution is 0.200. The zero-order valence-electron chi connectivity index (χ0n) is 9.82. The number of hydrogen-bond acceptors (Lipinski definition) is 2. The molecule has 90 valence electrons. The molecule has 1 aromatic carbocycles. The van der Waals surface area contributed by atoms with E-state index >= 15 is 0 Å². The molecule has 1 heterocycles. The second-order valence-corrected chi connectivity index (χ2v) is 3.90. The minimum Gasteiger partial charge on any atom is -0.410 e. The van der Waals surface area contributed by atoms with E-state index in [1.54, 1.807) is 6.07 Å². The Kier molecular flexibility index (Phi) is 3.65. The van der Waals surface area contributed by atoms with E-state index in [9.17, 15) is 4.79 Å². The molecule has 0 spiro atoms. The normalized spacial score (nSPS) is 10.4. The summed E-state index contributed by atoms with van der Waals surface area (Å²) >= 11 is 0. The molecule has 1 amide bonds. The predicted octanol–water partition coefficient (Wildman–Crippen LogP) is 3.06. The Balaban J connectivity index is 1.95. The van der Waals surface area contributed by atoms with Crippen LogP contribution in [0.4, 0.5) is 4.79 Å². The van der Waals surface area contributed by atoms with Gasteiger partial charge in [-0.15, -0.1) is 0 Å². The van der Waals surface area contributed by atoms with E-state index in [1.165, 1.54) is 0 Å². The maximum atomic E-state index is 11.4. The lowest BCUT2D eigenvalue weighted by Crippen LogP contribution is -2.27. The van der Waals surface area contributed by atoms with Gasteiger partial charge in [0.1, 0.15) is 5.75 Å². The van der Waals surface area contributed by atoms with Gasteiger partial charge >= 0.3 is 6.09 Å². The molecule has 4 heteroatoms. The van der Waals surface area contributed by atoms with Crippen molar-refractivity contribution in [3.63, 3.8) is 0 Å². The smallest absolute Gasteiger partial charge is 0.410 e. The van der Waals surface area contributed by atoms with Crippen LogP contribution in [-0.2, 0) is 0 Å². The summed E-state index contributed by atoms with van der Waals surface area (Å²) in [7, 11) is 0. The SMILES string of the molecule is CCCCNC(=O)Oc1ccc2[nH]ccc2c1. The molecule has 0 bridgehead atoms. The molecule has 0 fully saturated rings. The van der Waals surface area contributed by atoms with Gasteiger partial charge in [0.05, 0.1) is 0 Å². The van der Waals surface area contributed by atoms with Crippen LogP contribution >= 0.6 is 0 Å². The van der Waals surface area contributed by atoms with Crippen LogP contribution in [-0.4, -0.2) is 17.6 Å². The van der Waals surface area contributed by atoms with E-state index in [2.05, 4.69) is 17.2 Å². The number of unbranched alkanes of at least 4 members (excludes halogenated alkanes) is 1. The Morgan fingerprint density at radius 2 is 2.29 bits per heavy atom. The van der Waals surface area contributed by atoms with Crippen molar-refractivity contribution in [2.45, 2.75) is 19.8 Å². The van der Waals surface area contributed by atoms with Crippen LogP contribution in [0.2, 0.25) is 0 Å². The molecule has 2 N–H and O–H groups in total. The number of carbonyl (C=O) groups is 1. The lowest BCUT2D eigenvalue weighted by atomic mass is 10.2. The van der Waals surface area contributed by atoms with Crippen molar-refractivity contribution in [1.29, 1.82) is 0 Å². The van der Waals surface area contributed by atoms with Gasteiger partial charge in [-0.1, -0.05) is 13.3 Å². The zero-order valence-corrected chi connectivity index (χ0v) is 9.82. The Hall–Kier alpha value is -1.97. The number of hydrogen-bond donors (Lipinski definition) is 2. The van der Waals surface area contributed by atoms with E-state index in [0.717, 1.165) is 23.7 Å². The van der Waals surface area contributed by atoms with Crippen molar-refractivity contribution in [3.05, 3.63) is 30.5 Å². The summed E-state index contributed by atoms with van der Waals surface area (Å²) in [5.41, 5.74) is 1.03. The van der Waals surface area contributed by atoms with Gasteiger partial charge in [0.15, 0.2) is 0 Å². The van der Waals surface area contributed by atoms with E-state index in [-0.39, 0.29) is 0 Å². The number of benzene rings is 1. The highest BCUT2D eigenvalue weighted by atomic mass is 16.5. The summed E-state index contributed by atoms with van der Waals surface area (Å²) in [5.74, 6) is 0.561. The number of nitrogens with one attached hydrogen (secondary N) is 2. The lowest BCUT2D eigenvalue weighted by Gasteiger charge is -2.05. The molecule has 0 unspecified atom stereocenters. The van der Waals surface area contributed by atoms with Crippen molar-refractivity contribution in [3.8, 4) is 5.75 Å². The van der Waals surface area contributed by atoms with Gasteiger partial charge in [-0.25, -0.2) is 4.79 Å². The molecule has 2 rings (SSSR count). The standard InChI is InChI=1S/C13H16N2O2/c1-2-3-7-15-13(16)17-11-4-5-12-10(9-11)6-8-14-12/h4-6,8-9,14H,2-3,7H2,1H3,(H,15,16). The second kappa shape index (κ2) is 5.39. The summed E-state index contributed by atoms with van der Waals surface area (Å²) in [5, 5.41) is 3.74. The minimum absolute atomic E-state index is 0.395. The number of H-pyrrole nitrogens is 1. The summed E-state index contributed by atoms with van der Waals surface area (Å²) in [6.07, 6.45) is 3.48. The monoisotopic (exact) mass is 232 g/mol. The van der Waals surface area contributed by atoms with E-state index in [4.69, 9.17) is 4.74 Å². The molecule has 0 atom stereocenters. The van der Waals surface area contributed by atoms with Crippen LogP contribution < -0.4 is 10.1 Å². The number of aromatic nitrogens is 1. The summed E-state index contributed by atoms with van der Waals surface area (Å²) in [6, 6.07) is 7.45. The number of carbonyl (C=O) groups excluding carboxylic acids is 1. The first-order valence-electron chi connectivity index (χ1n) is 5.82. The van der Waals surface area contributed by atoms with E-state index in [0.29, 0.717) is 12.3 Å². The van der Waals surface area contributed by atoms with Crippen LogP contribution in [0.3, 0.4) is 0 Å². The highest BCUT2D eigenvalue weighted by Gasteiger charge is 2.04. The molecule has 4 nitrogen and oxygen atoms in total. The summed E-state index contributed by atoms with van der Waals surface area (Å²) in [4.78, 5) is 14.5. The van der Waals surface area contributed by atoms with Gasteiger partial charge in [0.25, 0.3) is 0 Å². The molecule has 1 aromatic heterocycles. The Morgan fingerprint density at radius 1 is 1.41 bits per heavy atom. The molecule has 2 aromatic rings. The van der Waals surface area contributed by atoms with Gasteiger partial charge < -0.3 is 15.0 Å². The minimum atomic E-state index is -0.395. The average molecular weight is 232 g/mol. The molecule has 0 aliphatic carbocycles. The molecule has 17 heavy (non-hydrogen) atoms. The van der Waals surface area contributed by atoms with Gasteiger partial charge in [-0.2, -0.15) is 0 Å². The topological polar surface area (TPSA) is 54.1 Å². The molecule has 0 saturated carbocycles. The van der Waals surface area contributed by atoms with Crippen molar-refractivity contribution in [1.82, 2.24) is 10.3 Å².